The van der Waals surface area contributed by atoms with Crippen LogP contribution < -0.4 is 10.1 Å². The summed E-state index contributed by atoms with van der Waals surface area (Å²) >= 11 is 0. The van der Waals surface area contributed by atoms with Crippen LogP contribution in [-0.4, -0.2) is 24.9 Å². The smallest absolute Gasteiger partial charge is 0.123 e. The van der Waals surface area contributed by atoms with Crippen LogP contribution in [0.3, 0.4) is 0 Å². The molecule has 0 heterocycles. The molecule has 3 aromatic rings. The molecule has 0 amide bonds. The van der Waals surface area contributed by atoms with Gasteiger partial charge < -0.3 is 15.2 Å². The molecular formula is C25H29NO2. The maximum Gasteiger partial charge on any atom is 0.123 e. The van der Waals surface area contributed by atoms with Crippen molar-refractivity contribution >= 4 is 10.8 Å². The van der Waals surface area contributed by atoms with E-state index < -0.39 is 6.10 Å². The Balaban J connectivity index is 1.44. The summed E-state index contributed by atoms with van der Waals surface area (Å²) in [6.45, 7) is 2.87. The first-order chi connectivity index (χ1) is 13.6. The van der Waals surface area contributed by atoms with Gasteiger partial charge in [0.25, 0.3) is 0 Å². The molecule has 0 aromatic heterocycles. The van der Waals surface area contributed by atoms with Gasteiger partial charge in [-0.1, -0.05) is 61.5 Å². The van der Waals surface area contributed by atoms with E-state index in [9.17, 15) is 5.11 Å². The Morgan fingerprint density at radius 3 is 2.71 bits per heavy atom. The van der Waals surface area contributed by atoms with E-state index in [0.717, 1.165) is 18.6 Å². The van der Waals surface area contributed by atoms with E-state index in [1.807, 2.05) is 6.07 Å². The fourth-order valence-corrected chi connectivity index (χ4v) is 4.49. The van der Waals surface area contributed by atoms with Crippen LogP contribution in [0.4, 0.5) is 0 Å². The Hall–Kier alpha value is -2.36. The Labute approximate surface area is 167 Å². The molecule has 3 nitrogen and oxygen atoms in total. The van der Waals surface area contributed by atoms with Gasteiger partial charge in [-0.05, 0) is 53.1 Å². The summed E-state index contributed by atoms with van der Waals surface area (Å²) in [6.07, 6.45) is 2.39. The zero-order valence-corrected chi connectivity index (χ0v) is 16.7. The SMILES string of the molecule is COc1cccc2c1C(NCC(O)Cc1ccc3ccccc3c1)CC(C)C2. The number of benzene rings is 3. The normalized spacial score (nSPS) is 20.0. The second-order valence-corrected chi connectivity index (χ2v) is 8.08. The Morgan fingerprint density at radius 1 is 1.07 bits per heavy atom. The molecule has 4 rings (SSSR count). The number of aliphatic hydroxyl groups is 1. The van der Waals surface area contributed by atoms with Crippen molar-refractivity contribution in [3.8, 4) is 5.75 Å². The van der Waals surface area contributed by atoms with E-state index in [1.165, 1.54) is 27.5 Å². The number of nitrogens with one attached hydrogen (secondary N) is 1. The van der Waals surface area contributed by atoms with E-state index in [4.69, 9.17) is 4.74 Å². The zero-order chi connectivity index (χ0) is 19.5. The minimum absolute atomic E-state index is 0.223. The van der Waals surface area contributed by atoms with Crippen LogP contribution in [0.1, 0.15) is 36.1 Å². The molecule has 3 unspecified atom stereocenters. The average Bonchev–Trinajstić information content (AvgIpc) is 2.71. The van der Waals surface area contributed by atoms with Gasteiger partial charge in [-0.2, -0.15) is 0 Å². The lowest BCUT2D eigenvalue weighted by Gasteiger charge is -2.32. The molecule has 0 aliphatic heterocycles. The van der Waals surface area contributed by atoms with E-state index >= 15 is 0 Å². The minimum atomic E-state index is -0.420. The van der Waals surface area contributed by atoms with Crippen molar-refractivity contribution < 1.29 is 9.84 Å². The first kappa shape index (κ1) is 19.0. The molecule has 1 aliphatic carbocycles. The number of methoxy groups -OCH3 is 1. The molecule has 3 atom stereocenters. The molecule has 0 saturated carbocycles. The third kappa shape index (κ3) is 4.06. The molecule has 2 N–H and O–H groups in total. The van der Waals surface area contributed by atoms with Gasteiger partial charge in [0, 0.05) is 18.2 Å². The van der Waals surface area contributed by atoms with Gasteiger partial charge in [0.15, 0.2) is 0 Å². The van der Waals surface area contributed by atoms with Crippen molar-refractivity contribution in [3.05, 3.63) is 77.4 Å². The molecule has 0 spiro atoms. The molecular weight excluding hydrogens is 346 g/mol. The number of aliphatic hydroxyl groups excluding tert-OH is 1. The van der Waals surface area contributed by atoms with Gasteiger partial charge in [-0.15, -0.1) is 0 Å². The lowest BCUT2D eigenvalue weighted by molar-refractivity contribution is 0.163. The number of rotatable bonds is 6. The maximum absolute atomic E-state index is 10.7. The molecule has 146 valence electrons. The van der Waals surface area contributed by atoms with Crippen molar-refractivity contribution in [1.82, 2.24) is 5.32 Å². The number of hydrogen-bond donors (Lipinski definition) is 2. The van der Waals surface area contributed by atoms with Crippen LogP contribution in [0.25, 0.3) is 10.8 Å². The fourth-order valence-electron chi connectivity index (χ4n) is 4.49. The molecule has 1 aliphatic rings. The third-order valence-electron chi connectivity index (χ3n) is 5.82. The number of fused-ring (bicyclic) bond motifs is 2. The summed E-state index contributed by atoms with van der Waals surface area (Å²) in [4.78, 5) is 0. The molecule has 0 radical (unpaired) electrons. The van der Waals surface area contributed by atoms with Crippen molar-refractivity contribution in [3.63, 3.8) is 0 Å². The summed E-state index contributed by atoms with van der Waals surface area (Å²) in [5.74, 6) is 1.57. The Morgan fingerprint density at radius 2 is 1.89 bits per heavy atom. The molecule has 0 saturated heterocycles. The van der Waals surface area contributed by atoms with Gasteiger partial charge >= 0.3 is 0 Å². The lowest BCUT2D eigenvalue weighted by atomic mass is 9.81. The van der Waals surface area contributed by atoms with Gasteiger partial charge in [0.1, 0.15) is 5.75 Å². The Bertz CT molecular complexity index is 952. The molecule has 0 bridgehead atoms. The number of hydrogen-bond acceptors (Lipinski definition) is 3. The highest BCUT2D eigenvalue weighted by atomic mass is 16.5. The number of ether oxygens (including phenoxy) is 1. The van der Waals surface area contributed by atoms with Crippen molar-refractivity contribution in [1.29, 1.82) is 0 Å². The van der Waals surface area contributed by atoms with E-state index in [2.05, 4.69) is 66.8 Å². The van der Waals surface area contributed by atoms with E-state index in [-0.39, 0.29) is 6.04 Å². The summed E-state index contributed by atoms with van der Waals surface area (Å²) in [6, 6.07) is 21.3. The standard InChI is InChI=1S/C25H29NO2/c1-17-12-21-8-5-9-24(28-2)25(21)23(13-17)26-16-22(27)15-18-10-11-19-6-3-4-7-20(19)14-18/h3-11,14,17,22-23,26-27H,12-13,15-16H2,1-2H3. The summed E-state index contributed by atoms with van der Waals surface area (Å²) < 4.78 is 5.62. The van der Waals surface area contributed by atoms with Crippen LogP contribution in [0.2, 0.25) is 0 Å². The van der Waals surface area contributed by atoms with Crippen molar-refractivity contribution in [2.24, 2.45) is 5.92 Å². The predicted octanol–water partition coefficient (Wildman–Crippen LogP) is 4.67. The fraction of sp³-hybridized carbons (Fsp3) is 0.360. The highest BCUT2D eigenvalue weighted by Crippen LogP contribution is 2.38. The zero-order valence-electron chi connectivity index (χ0n) is 16.7. The van der Waals surface area contributed by atoms with Gasteiger partial charge in [0.05, 0.1) is 13.2 Å². The highest BCUT2D eigenvalue weighted by molar-refractivity contribution is 5.83. The Kier molecular flexibility index (Phi) is 5.65. The van der Waals surface area contributed by atoms with Gasteiger partial charge in [-0.25, -0.2) is 0 Å². The topological polar surface area (TPSA) is 41.5 Å². The monoisotopic (exact) mass is 375 g/mol. The van der Waals surface area contributed by atoms with Crippen LogP contribution in [-0.2, 0) is 12.8 Å². The third-order valence-corrected chi connectivity index (χ3v) is 5.82. The second-order valence-electron chi connectivity index (χ2n) is 8.08. The van der Waals surface area contributed by atoms with Gasteiger partial charge in [-0.3, -0.25) is 0 Å². The van der Waals surface area contributed by atoms with Gasteiger partial charge in [0.2, 0.25) is 0 Å². The highest BCUT2D eigenvalue weighted by Gasteiger charge is 2.27. The summed E-state index contributed by atoms with van der Waals surface area (Å²) in [5.41, 5.74) is 3.80. The molecule has 28 heavy (non-hydrogen) atoms. The lowest BCUT2D eigenvalue weighted by Crippen LogP contribution is -2.35. The maximum atomic E-state index is 10.7. The van der Waals surface area contributed by atoms with Crippen LogP contribution >= 0.6 is 0 Å². The first-order valence-electron chi connectivity index (χ1n) is 10.2. The largest absolute Gasteiger partial charge is 0.496 e. The van der Waals surface area contributed by atoms with Crippen LogP contribution in [0.15, 0.2) is 60.7 Å². The van der Waals surface area contributed by atoms with Crippen LogP contribution in [0, 0.1) is 5.92 Å². The molecule has 3 aromatic carbocycles. The minimum Gasteiger partial charge on any atom is -0.496 e. The van der Waals surface area contributed by atoms with Crippen molar-refractivity contribution in [2.45, 2.75) is 38.3 Å². The van der Waals surface area contributed by atoms with E-state index in [0.29, 0.717) is 18.9 Å². The van der Waals surface area contributed by atoms with E-state index in [1.54, 1.807) is 7.11 Å². The summed E-state index contributed by atoms with van der Waals surface area (Å²) in [7, 11) is 1.74. The van der Waals surface area contributed by atoms with Crippen molar-refractivity contribution in [2.75, 3.05) is 13.7 Å². The summed E-state index contributed by atoms with van der Waals surface area (Å²) in [5, 5.41) is 16.7. The predicted molar refractivity (Wildman–Crippen MR) is 115 cm³/mol. The quantitative estimate of drug-likeness (QED) is 0.658. The first-order valence-corrected chi connectivity index (χ1v) is 10.2. The molecule has 3 heteroatoms. The second kappa shape index (κ2) is 8.34. The van der Waals surface area contributed by atoms with Crippen LogP contribution in [0.5, 0.6) is 5.75 Å². The molecule has 0 fully saturated rings. The average molecular weight is 376 g/mol.